The van der Waals surface area contributed by atoms with Gasteiger partial charge in [0.15, 0.2) is 0 Å². The summed E-state index contributed by atoms with van der Waals surface area (Å²) in [6, 6.07) is 5.61. The smallest absolute Gasteiger partial charge is 0.411 e. The lowest BCUT2D eigenvalue weighted by Gasteiger charge is -2.33. The Bertz CT molecular complexity index is 869. The topological polar surface area (TPSA) is 108 Å². The van der Waals surface area contributed by atoms with Gasteiger partial charge in [-0.1, -0.05) is 32.4 Å². The second-order valence-electron chi connectivity index (χ2n) is 7.81. The zero-order valence-corrected chi connectivity index (χ0v) is 17.0. The van der Waals surface area contributed by atoms with Crippen molar-refractivity contribution in [2.75, 3.05) is 0 Å². The Kier molecular flexibility index (Phi) is 6.43. The molecule has 2 aromatic rings. The molecule has 0 saturated carbocycles. The molecular weight excluding hydrogens is 360 g/mol. The third kappa shape index (κ3) is 4.68. The lowest BCUT2D eigenvalue weighted by atomic mass is 9.99. The summed E-state index contributed by atoms with van der Waals surface area (Å²) in [7, 11) is 0. The van der Waals surface area contributed by atoms with Gasteiger partial charge in [-0.25, -0.2) is 19.1 Å². The lowest BCUT2D eigenvalue weighted by Crippen LogP contribution is -2.47. The van der Waals surface area contributed by atoms with Crippen molar-refractivity contribution >= 4 is 29.4 Å². The third-order valence-corrected chi connectivity index (χ3v) is 4.52. The van der Waals surface area contributed by atoms with Gasteiger partial charge in [0.1, 0.15) is 17.7 Å². The molecule has 0 fully saturated rings. The number of rotatable bonds is 6. The van der Waals surface area contributed by atoms with E-state index < -0.39 is 23.8 Å². The van der Waals surface area contributed by atoms with Crippen LogP contribution in [0.2, 0.25) is 0 Å². The van der Waals surface area contributed by atoms with E-state index in [9.17, 15) is 14.4 Å². The van der Waals surface area contributed by atoms with Crippen LogP contribution in [0.3, 0.4) is 0 Å². The van der Waals surface area contributed by atoms with Crippen LogP contribution in [-0.4, -0.2) is 44.5 Å². The Labute approximate surface area is 164 Å². The number of para-hydroxylation sites is 2. The van der Waals surface area contributed by atoms with Crippen molar-refractivity contribution in [2.24, 2.45) is 11.7 Å². The summed E-state index contributed by atoms with van der Waals surface area (Å²) >= 11 is 0. The number of nitrogens with zero attached hydrogens (tertiary/aromatic N) is 3. The molecular formula is C20H28N4O4. The SMILES string of the molecule is CC[C@H](C)[C@@H](C=O)N(Cc1nc2ccccc2n1C(N)=O)C(=O)OC(C)(C)C. The van der Waals surface area contributed by atoms with E-state index in [0.717, 1.165) is 6.29 Å². The van der Waals surface area contributed by atoms with E-state index in [1.807, 2.05) is 13.8 Å². The molecule has 1 heterocycles. The van der Waals surface area contributed by atoms with E-state index in [4.69, 9.17) is 10.5 Å². The maximum atomic E-state index is 12.9. The van der Waals surface area contributed by atoms with Crippen molar-refractivity contribution in [2.45, 2.75) is 59.2 Å². The Hall–Kier alpha value is -2.90. The van der Waals surface area contributed by atoms with Gasteiger partial charge in [0.25, 0.3) is 0 Å². The number of ether oxygens (including phenoxy) is 1. The minimum atomic E-state index is -0.734. The molecule has 0 unspecified atom stereocenters. The van der Waals surface area contributed by atoms with Crippen LogP contribution in [-0.2, 0) is 16.1 Å². The molecule has 28 heavy (non-hydrogen) atoms. The summed E-state index contributed by atoms with van der Waals surface area (Å²) in [5.41, 5.74) is 5.94. The average Bonchev–Trinajstić information content (AvgIpc) is 2.97. The van der Waals surface area contributed by atoms with Gasteiger partial charge in [-0.05, 0) is 38.8 Å². The summed E-state index contributed by atoms with van der Waals surface area (Å²) in [5.74, 6) is 0.172. The number of fused-ring (bicyclic) bond motifs is 1. The molecule has 2 amide bonds. The summed E-state index contributed by atoms with van der Waals surface area (Å²) in [6.45, 7) is 8.99. The van der Waals surface area contributed by atoms with E-state index in [1.54, 1.807) is 45.0 Å². The fraction of sp³-hybridized carbons (Fsp3) is 0.500. The largest absolute Gasteiger partial charge is 0.444 e. The number of carbonyl (C=O) groups excluding carboxylic acids is 3. The molecule has 0 bridgehead atoms. The van der Waals surface area contributed by atoms with E-state index in [2.05, 4.69) is 4.98 Å². The number of amides is 2. The van der Waals surface area contributed by atoms with Gasteiger partial charge in [-0.15, -0.1) is 0 Å². The first-order valence-electron chi connectivity index (χ1n) is 9.30. The van der Waals surface area contributed by atoms with Crippen LogP contribution in [0.25, 0.3) is 11.0 Å². The molecule has 0 radical (unpaired) electrons. The van der Waals surface area contributed by atoms with E-state index in [-0.39, 0.29) is 18.3 Å². The third-order valence-electron chi connectivity index (χ3n) is 4.52. The Morgan fingerprint density at radius 3 is 2.50 bits per heavy atom. The van der Waals surface area contributed by atoms with Crippen LogP contribution in [0.15, 0.2) is 24.3 Å². The van der Waals surface area contributed by atoms with Crippen LogP contribution in [0.5, 0.6) is 0 Å². The number of aldehydes is 1. The molecule has 8 nitrogen and oxygen atoms in total. The number of hydrogen-bond donors (Lipinski definition) is 1. The first-order chi connectivity index (χ1) is 13.1. The summed E-state index contributed by atoms with van der Waals surface area (Å²) in [6.07, 6.45) is 0.776. The molecule has 1 aromatic heterocycles. The van der Waals surface area contributed by atoms with Gasteiger partial charge >= 0.3 is 12.1 Å². The molecule has 0 spiro atoms. The van der Waals surface area contributed by atoms with Crippen LogP contribution in [0.1, 0.15) is 46.9 Å². The van der Waals surface area contributed by atoms with Crippen LogP contribution in [0, 0.1) is 5.92 Å². The molecule has 2 N–H and O–H groups in total. The highest BCUT2D eigenvalue weighted by Crippen LogP contribution is 2.22. The Balaban J connectivity index is 2.51. The standard InChI is InChI=1S/C20H28N4O4/c1-6-13(2)16(12-25)23(19(27)28-20(3,4)5)11-17-22-14-9-7-8-10-15(14)24(17)18(21)26/h7-10,12-13,16H,6,11H2,1-5H3,(H2,21,26)/t13-,16+/m0/s1. The minimum Gasteiger partial charge on any atom is -0.444 e. The van der Waals surface area contributed by atoms with Crippen LogP contribution < -0.4 is 5.73 Å². The second-order valence-corrected chi connectivity index (χ2v) is 7.81. The number of benzene rings is 1. The Morgan fingerprint density at radius 2 is 1.96 bits per heavy atom. The number of nitrogens with two attached hydrogens (primary N) is 1. The molecule has 0 saturated heterocycles. The highest BCUT2D eigenvalue weighted by molar-refractivity contribution is 5.89. The number of primary amides is 1. The van der Waals surface area contributed by atoms with Crippen molar-refractivity contribution in [1.29, 1.82) is 0 Å². The number of carbonyl (C=O) groups is 3. The second kappa shape index (κ2) is 8.41. The number of aromatic nitrogens is 2. The highest BCUT2D eigenvalue weighted by Gasteiger charge is 2.33. The first-order valence-corrected chi connectivity index (χ1v) is 9.30. The van der Waals surface area contributed by atoms with Crippen molar-refractivity contribution in [3.05, 3.63) is 30.1 Å². The van der Waals surface area contributed by atoms with Gasteiger partial charge in [0.05, 0.1) is 23.6 Å². The highest BCUT2D eigenvalue weighted by atomic mass is 16.6. The van der Waals surface area contributed by atoms with Gasteiger partial charge in [-0.3, -0.25) is 4.90 Å². The van der Waals surface area contributed by atoms with Gasteiger partial charge in [0.2, 0.25) is 0 Å². The van der Waals surface area contributed by atoms with Gasteiger partial charge in [-0.2, -0.15) is 0 Å². The monoisotopic (exact) mass is 388 g/mol. The summed E-state index contributed by atoms with van der Waals surface area (Å²) in [4.78, 5) is 42.5. The predicted octanol–water partition coefficient (Wildman–Crippen LogP) is 3.31. The normalized spacial score (nSPS) is 13.8. The van der Waals surface area contributed by atoms with Crippen molar-refractivity contribution in [1.82, 2.24) is 14.5 Å². The maximum Gasteiger partial charge on any atom is 0.411 e. The van der Waals surface area contributed by atoms with Crippen LogP contribution >= 0.6 is 0 Å². The molecule has 0 aliphatic heterocycles. The van der Waals surface area contributed by atoms with Gasteiger partial charge < -0.3 is 15.3 Å². The summed E-state index contributed by atoms with van der Waals surface area (Å²) < 4.78 is 6.75. The zero-order valence-electron chi connectivity index (χ0n) is 17.0. The molecule has 2 atom stereocenters. The first kappa shape index (κ1) is 21.4. The summed E-state index contributed by atoms with van der Waals surface area (Å²) in [5, 5.41) is 0. The van der Waals surface area contributed by atoms with Gasteiger partial charge in [0, 0.05) is 0 Å². The fourth-order valence-corrected chi connectivity index (χ4v) is 2.95. The molecule has 0 aliphatic rings. The minimum absolute atomic E-state index is 0.0831. The lowest BCUT2D eigenvalue weighted by molar-refractivity contribution is -0.114. The average molecular weight is 388 g/mol. The quantitative estimate of drug-likeness (QED) is 0.764. The fourth-order valence-electron chi connectivity index (χ4n) is 2.95. The van der Waals surface area contributed by atoms with E-state index in [0.29, 0.717) is 17.5 Å². The van der Waals surface area contributed by atoms with Crippen molar-refractivity contribution in [3.8, 4) is 0 Å². The number of imidazole rings is 1. The molecule has 8 heteroatoms. The molecule has 152 valence electrons. The van der Waals surface area contributed by atoms with Crippen LogP contribution in [0.4, 0.5) is 9.59 Å². The molecule has 2 rings (SSSR count). The maximum absolute atomic E-state index is 12.9. The Morgan fingerprint density at radius 1 is 1.32 bits per heavy atom. The van der Waals surface area contributed by atoms with Crippen molar-refractivity contribution < 1.29 is 19.1 Å². The van der Waals surface area contributed by atoms with E-state index >= 15 is 0 Å². The molecule has 0 aliphatic carbocycles. The molecule has 1 aromatic carbocycles. The predicted molar refractivity (Wildman–Crippen MR) is 106 cm³/mol. The van der Waals surface area contributed by atoms with Crippen molar-refractivity contribution in [3.63, 3.8) is 0 Å². The zero-order chi connectivity index (χ0) is 21.1. The number of hydrogen-bond acceptors (Lipinski definition) is 5. The van der Waals surface area contributed by atoms with E-state index in [1.165, 1.54) is 9.47 Å².